The Labute approximate surface area is 171 Å². The monoisotopic (exact) mass is 411 g/mol. The standard InChI is InChI=1S/C22H18ClNO5/c1-12-7-22(26)29-19-10-20(16(23)9-15(12)19)27-11-21(25)24-13(2)18-8-14-5-3-4-6-17(14)28-18/h3-10,13H,11H2,1-2H3,(H,24,25)/t13-/m0/s1. The molecule has 0 aliphatic heterocycles. The third-order valence-corrected chi connectivity index (χ3v) is 4.91. The molecule has 2 aromatic carbocycles. The van der Waals surface area contributed by atoms with Gasteiger partial charge in [0.1, 0.15) is 22.7 Å². The summed E-state index contributed by atoms with van der Waals surface area (Å²) in [5.41, 5.74) is 1.41. The summed E-state index contributed by atoms with van der Waals surface area (Å²) >= 11 is 6.25. The molecular weight excluding hydrogens is 394 g/mol. The first kappa shape index (κ1) is 19.1. The van der Waals surface area contributed by atoms with Gasteiger partial charge in [0.05, 0.1) is 11.1 Å². The number of benzene rings is 2. The Morgan fingerprint density at radius 3 is 2.72 bits per heavy atom. The highest BCUT2D eigenvalue weighted by Crippen LogP contribution is 2.31. The molecule has 0 unspecified atom stereocenters. The van der Waals surface area contributed by atoms with Gasteiger partial charge in [0.2, 0.25) is 0 Å². The van der Waals surface area contributed by atoms with Crippen LogP contribution in [0, 0.1) is 6.92 Å². The minimum absolute atomic E-state index is 0.244. The van der Waals surface area contributed by atoms with E-state index in [-0.39, 0.29) is 24.3 Å². The Hall–Kier alpha value is -3.25. The van der Waals surface area contributed by atoms with Crippen LogP contribution in [0.3, 0.4) is 0 Å². The lowest BCUT2D eigenvalue weighted by atomic mass is 10.1. The van der Waals surface area contributed by atoms with E-state index in [2.05, 4.69) is 5.32 Å². The number of nitrogens with one attached hydrogen (secondary N) is 1. The molecule has 29 heavy (non-hydrogen) atoms. The lowest BCUT2D eigenvalue weighted by molar-refractivity contribution is -0.123. The van der Waals surface area contributed by atoms with E-state index in [4.69, 9.17) is 25.2 Å². The molecule has 0 bridgehead atoms. The maximum atomic E-state index is 12.3. The maximum absolute atomic E-state index is 12.3. The molecule has 2 aromatic heterocycles. The molecule has 1 amide bonds. The Morgan fingerprint density at radius 2 is 1.93 bits per heavy atom. The number of carbonyl (C=O) groups excluding carboxylic acids is 1. The van der Waals surface area contributed by atoms with E-state index in [9.17, 15) is 9.59 Å². The van der Waals surface area contributed by atoms with E-state index in [0.717, 1.165) is 16.5 Å². The molecule has 0 spiro atoms. The van der Waals surface area contributed by atoms with Crippen LogP contribution in [0.4, 0.5) is 0 Å². The van der Waals surface area contributed by atoms with Gasteiger partial charge >= 0.3 is 5.63 Å². The number of halogens is 1. The molecule has 1 atom stereocenters. The van der Waals surface area contributed by atoms with Crippen LogP contribution in [-0.4, -0.2) is 12.5 Å². The molecular formula is C22H18ClNO5. The first-order valence-electron chi connectivity index (χ1n) is 9.05. The summed E-state index contributed by atoms with van der Waals surface area (Å²) in [6.45, 7) is 3.38. The Kier molecular flexibility index (Phi) is 5.03. The van der Waals surface area contributed by atoms with Crippen LogP contribution in [0.15, 0.2) is 62.2 Å². The van der Waals surface area contributed by atoms with Gasteiger partial charge in [0.25, 0.3) is 5.91 Å². The number of rotatable bonds is 5. The largest absolute Gasteiger partial charge is 0.482 e. The van der Waals surface area contributed by atoms with E-state index in [1.165, 1.54) is 12.1 Å². The average Bonchev–Trinajstić information content (AvgIpc) is 3.11. The van der Waals surface area contributed by atoms with Gasteiger partial charge in [-0.1, -0.05) is 29.8 Å². The van der Waals surface area contributed by atoms with Crippen LogP contribution in [0.5, 0.6) is 5.75 Å². The summed E-state index contributed by atoms with van der Waals surface area (Å²) in [4.78, 5) is 23.9. The van der Waals surface area contributed by atoms with E-state index in [1.54, 1.807) is 13.0 Å². The third kappa shape index (κ3) is 3.98. The summed E-state index contributed by atoms with van der Waals surface area (Å²) in [6.07, 6.45) is 0. The second-order valence-corrected chi connectivity index (χ2v) is 7.20. The van der Waals surface area contributed by atoms with Gasteiger partial charge in [0, 0.05) is 22.9 Å². The number of carbonyl (C=O) groups is 1. The van der Waals surface area contributed by atoms with Crippen molar-refractivity contribution in [3.8, 4) is 5.75 Å². The predicted molar refractivity (Wildman–Crippen MR) is 110 cm³/mol. The van der Waals surface area contributed by atoms with E-state index >= 15 is 0 Å². The van der Waals surface area contributed by atoms with Crippen LogP contribution in [-0.2, 0) is 4.79 Å². The van der Waals surface area contributed by atoms with Crippen molar-refractivity contribution < 1.29 is 18.4 Å². The lowest BCUT2D eigenvalue weighted by Gasteiger charge is -2.13. The fourth-order valence-electron chi connectivity index (χ4n) is 3.14. The van der Waals surface area contributed by atoms with E-state index in [0.29, 0.717) is 21.8 Å². The van der Waals surface area contributed by atoms with E-state index in [1.807, 2.05) is 37.3 Å². The van der Waals surface area contributed by atoms with Crippen LogP contribution in [0.1, 0.15) is 24.3 Å². The molecule has 6 nitrogen and oxygen atoms in total. The van der Waals surface area contributed by atoms with Crippen molar-refractivity contribution in [1.29, 1.82) is 0 Å². The normalized spacial score (nSPS) is 12.2. The van der Waals surface area contributed by atoms with Crippen molar-refractivity contribution in [3.63, 3.8) is 0 Å². The Balaban J connectivity index is 1.45. The molecule has 148 valence electrons. The van der Waals surface area contributed by atoms with E-state index < -0.39 is 5.63 Å². The number of ether oxygens (including phenoxy) is 1. The smallest absolute Gasteiger partial charge is 0.336 e. The fourth-order valence-corrected chi connectivity index (χ4v) is 3.36. The summed E-state index contributed by atoms with van der Waals surface area (Å²) in [5.74, 6) is 0.583. The number of hydrogen-bond acceptors (Lipinski definition) is 5. The van der Waals surface area contributed by atoms with Crippen LogP contribution >= 0.6 is 11.6 Å². The number of hydrogen-bond donors (Lipinski definition) is 1. The maximum Gasteiger partial charge on any atom is 0.336 e. The zero-order chi connectivity index (χ0) is 20.5. The molecule has 1 N–H and O–H groups in total. The van der Waals surface area contributed by atoms with Crippen molar-refractivity contribution in [2.75, 3.05) is 6.61 Å². The van der Waals surface area contributed by atoms with Crippen molar-refractivity contribution in [1.82, 2.24) is 5.32 Å². The minimum atomic E-state index is -0.458. The molecule has 0 fully saturated rings. The number of para-hydroxylation sites is 1. The number of amides is 1. The van der Waals surface area contributed by atoms with Crippen molar-refractivity contribution in [3.05, 3.63) is 75.3 Å². The average molecular weight is 412 g/mol. The molecule has 0 aliphatic carbocycles. The second-order valence-electron chi connectivity index (χ2n) is 6.79. The molecule has 0 aliphatic rings. The van der Waals surface area contributed by atoms with Gasteiger partial charge in [-0.15, -0.1) is 0 Å². The minimum Gasteiger partial charge on any atom is -0.482 e. The fraction of sp³-hybridized carbons (Fsp3) is 0.182. The lowest BCUT2D eigenvalue weighted by Crippen LogP contribution is -2.31. The third-order valence-electron chi connectivity index (χ3n) is 4.61. The van der Waals surface area contributed by atoms with Gasteiger partial charge in [-0.05, 0) is 37.6 Å². The van der Waals surface area contributed by atoms with Gasteiger partial charge in [-0.3, -0.25) is 4.79 Å². The zero-order valence-corrected chi connectivity index (χ0v) is 16.6. The molecule has 0 saturated heterocycles. The predicted octanol–water partition coefficient (Wildman–Crippen LogP) is 4.76. The second kappa shape index (κ2) is 7.64. The molecule has 7 heteroatoms. The quantitative estimate of drug-likeness (QED) is 0.479. The summed E-state index contributed by atoms with van der Waals surface area (Å²) in [5, 5.41) is 4.84. The molecule has 0 radical (unpaired) electrons. The summed E-state index contributed by atoms with van der Waals surface area (Å²) in [7, 11) is 0. The first-order valence-corrected chi connectivity index (χ1v) is 9.43. The van der Waals surface area contributed by atoms with Crippen molar-refractivity contribution in [2.45, 2.75) is 19.9 Å². The summed E-state index contributed by atoms with van der Waals surface area (Å²) < 4.78 is 16.5. The highest BCUT2D eigenvalue weighted by molar-refractivity contribution is 6.32. The van der Waals surface area contributed by atoms with Crippen LogP contribution < -0.4 is 15.7 Å². The molecule has 0 saturated carbocycles. The Morgan fingerprint density at radius 1 is 1.14 bits per heavy atom. The number of aryl methyl sites for hydroxylation is 1. The first-order chi connectivity index (χ1) is 13.9. The Bertz CT molecular complexity index is 1240. The van der Waals surface area contributed by atoms with Gasteiger partial charge in [-0.2, -0.15) is 0 Å². The highest BCUT2D eigenvalue weighted by atomic mass is 35.5. The van der Waals surface area contributed by atoms with Crippen molar-refractivity contribution >= 4 is 39.4 Å². The van der Waals surface area contributed by atoms with Crippen LogP contribution in [0.2, 0.25) is 5.02 Å². The summed E-state index contributed by atoms with van der Waals surface area (Å²) in [6, 6.07) is 13.8. The molecule has 4 rings (SSSR count). The van der Waals surface area contributed by atoms with Gasteiger partial charge < -0.3 is 18.9 Å². The SMILES string of the molecule is Cc1cc(=O)oc2cc(OCC(=O)N[C@@H](C)c3cc4ccccc4o3)c(Cl)cc12. The molecule has 4 aromatic rings. The molecule has 2 heterocycles. The van der Waals surface area contributed by atoms with Gasteiger partial charge in [-0.25, -0.2) is 4.79 Å². The van der Waals surface area contributed by atoms with Crippen molar-refractivity contribution in [2.24, 2.45) is 0 Å². The number of fused-ring (bicyclic) bond motifs is 2. The van der Waals surface area contributed by atoms with Crippen LogP contribution in [0.25, 0.3) is 21.9 Å². The highest BCUT2D eigenvalue weighted by Gasteiger charge is 2.16. The topological polar surface area (TPSA) is 81.7 Å². The van der Waals surface area contributed by atoms with Gasteiger partial charge in [0.15, 0.2) is 6.61 Å². The zero-order valence-electron chi connectivity index (χ0n) is 15.8. The number of furan rings is 1.